The molecule has 1 N–H and O–H groups in total. The number of amides is 2. The quantitative estimate of drug-likeness (QED) is 0.852. The van der Waals surface area contributed by atoms with Gasteiger partial charge in [-0.15, -0.1) is 0 Å². The maximum absolute atomic E-state index is 12.7. The Kier molecular flexibility index (Phi) is 6.41. The fourth-order valence-corrected chi connectivity index (χ4v) is 2.46. The van der Waals surface area contributed by atoms with Crippen LogP contribution in [-0.4, -0.2) is 64.7 Å². The van der Waals surface area contributed by atoms with Gasteiger partial charge < -0.3 is 14.7 Å². The van der Waals surface area contributed by atoms with Crippen molar-refractivity contribution < 1.29 is 24.2 Å². The molecule has 132 valence electrons. The number of ether oxygens (including phenoxy) is 1. The molecule has 7 heteroatoms. The van der Waals surface area contributed by atoms with Crippen molar-refractivity contribution in [3.8, 4) is 0 Å². The second-order valence-corrected chi connectivity index (χ2v) is 7.21. The van der Waals surface area contributed by atoms with E-state index in [1.807, 2.05) is 0 Å². The van der Waals surface area contributed by atoms with Gasteiger partial charge in [0.05, 0.1) is 6.42 Å². The van der Waals surface area contributed by atoms with Gasteiger partial charge >= 0.3 is 12.1 Å². The predicted molar refractivity (Wildman–Crippen MR) is 85.0 cm³/mol. The minimum atomic E-state index is -1.12. The van der Waals surface area contributed by atoms with E-state index in [0.717, 1.165) is 17.7 Å². The largest absolute Gasteiger partial charge is 0.481 e. The van der Waals surface area contributed by atoms with Crippen molar-refractivity contribution in [3.05, 3.63) is 0 Å². The van der Waals surface area contributed by atoms with Crippen LogP contribution in [0.5, 0.6) is 0 Å². The van der Waals surface area contributed by atoms with Gasteiger partial charge in [0.15, 0.2) is 0 Å². The normalized spacial score (nSPS) is 17.5. The Morgan fingerprint density at radius 2 is 1.78 bits per heavy atom. The molecule has 0 aromatic carbocycles. The van der Waals surface area contributed by atoms with Crippen LogP contribution in [0, 0.1) is 5.92 Å². The molecule has 23 heavy (non-hydrogen) atoms. The number of hydrogen-bond donors (Lipinski definition) is 1. The van der Waals surface area contributed by atoms with E-state index in [0.29, 0.717) is 19.0 Å². The number of rotatable bonds is 4. The average molecular weight is 328 g/mol. The minimum absolute atomic E-state index is 0.326. The third-order valence-corrected chi connectivity index (χ3v) is 3.90. The lowest BCUT2D eigenvalue weighted by atomic mass is 9.98. The van der Waals surface area contributed by atoms with E-state index in [4.69, 9.17) is 9.84 Å². The molecule has 1 aliphatic rings. The van der Waals surface area contributed by atoms with Crippen LogP contribution in [-0.2, 0) is 14.3 Å². The lowest BCUT2D eigenvalue weighted by molar-refractivity contribution is -0.145. The summed E-state index contributed by atoms with van der Waals surface area (Å²) in [5, 5.41) is 9.09. The smallest absolute Gasteiger partial charge is 0.410 e. The van der Waals surface area contributed by atoms with Crippen LogP contribution in [0.3, 0.4) is 0 Å². The van der Waals surface area contributed by atoms with Gasteiger partial charge in [0.1, 0.15) is 11.6 Å². The van der Waals surface area contributed by atoms with E-state index >= 15 is 0 Å². The number of carbonyl (C=O) groups excluding carboxylic acids is 2. The van der Waals surface area contributed by atoms with E-state index in [2.05, 4.69) is 6.92 Å². The Balaban J connectivity index is 2.84. The molecule has 1 heterocycles. The Hall–Kier alpha value is -1.79. The van der Waals surface area contributed by atoms with Crippen molar-refractivity contribution >= 4 is 18.0 Å². The van der Waals surface area contributed by atoms with Crippen LogP contribution >= 0.6 is 0 Å². The monoisotopic (exact) mass is 328 g/mol. The summed E-state index contributed by atoms with van der Waals surface area (Å²) < 4.78 is 5.24. The summed E-state index contributed by atoms with van der Waals surface area (Å²) in [6, 6.07) is -1.05. The van der Waals surface area contributed by atoms with Crippen molar-refractivity contribution in [2.45, 2.75) is 58.6 Å². The van der Waals surface area contributed by atoms with Crippen LogP contribution in [0.2, 0.25) is 0 Å². The van der Waals surface area contributed by atoms with Gasteiger partial charge in [0, 0.05) is 20.1 Å². The van der Waals surface area contributed by atoms with Gasteiger partial charge in [0.2, 0.25) is 5.91 Å². The van der Waals surface area contributed by atoms with Gasteiger partial charge in [-0.1, -0.05) is 6.92 Å². The molecule has 1 unspecified atom stereocenters. The second-order valence-electron chi connectivity index (χ2n) is 7.21. The first-order valence-corrected chi connectivity index (χ1v) is 7.97. The summed E-state index contributed by atoms with van der Waals surface area (Å²) in [6.45, 7) is 8.48. The van der Waals surface area contributed by atoms with Gasteiger partial charge in [-0.3, -0.25) is 14.5 Å². The topological polar surface area (TPSA) is 87.2 Å². The van der Waals surface area contributed by atoms with Gasteiger partial charge in [-0.05, 0) is 39.5 Å². The summed E-state index contributed by atoms with van der Waals surface area (Å²) in [4.78, 5) is 38.7. The second kappa shape index (κ2) is 7.66. The van der Waals surface area contributed by atoms with Crippen molar-refractivity contribution in [1.29, 1.82) is 0 Å². The van der Waals surface area contributed by atoms with Crippen LogP contribution in [0.15, 0.2) is 0 Å². The third kappa shape index (κ3) is 6.08. The molecular weight excluding hydrogens is 300 g/mol. The van der Waals surface area contributed by atoms with Gasteiger partial charge in [0.25, 0.3) is 0 Å². The lowest BCUT2D eigenvalue weighted by Crippen LogP contribution is -2.52. The number of aliphatic carboxylic acids is 1. The molecule has 1 atom stereocenters. The highest BCUT2D eigenvalue weighted by molar-refractivity contribution is 5.89. The first kappa shape index (κ1) is 19.3. The molecule has 1 fully saturated rings. The fraction of sp³-hybridized carbons (Fsp3) is 0.812. The summed E-state index contributed by atoms with van der Waals surface area (Å²) >= 11 is 0. The van der Waals surface area contributed by atoms with E-state index in [1.165, 1.54) is 7.05 Å². The molecule has 0 aliphatic carbocycles. The van der Waals surface area contributed by atoms with Crippen molar-refractivity contribution in [3.63, 3.8) is 0 Å². The number of likely N-dealkylation sites (tertiary alicyclic amines) is 1. The molecule has 0 saturated carbocycles. The summed E-state index contributed by atoms with van der Waals surface area (Å²) in [5.74, 6) is -0.891. The predicted octanol–water partition coefficient (Wildman–Crippen LogP) is 1.96. The molecule has 0 radical (unpaired) electrons. The molecular formula is C16H28N2O5. The van der Waals surface area contributed by atoms with Gasteiger partial charge in [-0.25, -0.2) is 4.79 Å². The highest BCUT2D eigenvalue weighted by atomic mass is 16.6. The Morgan fingerprint density at radius 3 is 2.22 bits per heavy atom. The van der Waals surface area contributed by atoms with Crippen LogP contribution < -0.4 is 0 Å². The van der Waals surface area contributed by atoms with Crippen LogP contribution in [0.4, 0.5) is 4.79 Å². The molecule has 0 spiro atoms. The molecule has 0 aromatic rings. The highest BCUT2D eigenvalue weighted by Crippen LogP contribution is 2.19. The number of nitrogens with zero attached hydrogens (tertiary/aromatic N) is 2. The maximum Gasteiger partial charge on any atom is 0.410 e. The van der Waals surface area contributed by atoms with Crippen molar-refractivity contribution in [1.82, 2.24) is 9.80 Å². The molecule has 7 nitrogen and oxygen atoms in total. The molecule has 0 aromatic heterocycles. The lowest BCUT2D eigenvalue weighted by Gasteiger charge is -2.36. The minimum Gasteiger partial charge on any atom is -0.481 e. The molecule has 1 saturated heterocycles. The number of carboxylic acids is 1. The SMILES string of the molecule is CC1CCN(C(=O)C(CC(=O)O)N(C)C(=O)OC(C)(C)C)CC1. The number of carbonyl (C=O) groups is 3. The molecule has 0 bridgehead atoms. The zero-order chi connectivity index (χ0) is 17.8. The average Bonchev–Trinajstić information content (AvgIpc) is 2.42. The van der Waals surface area contributed by atoms with E-state index in [-0.39, 0.29) is 5.91 Å². The fourth-order valence-electron chi connectivity index (χ4n) is 2.46. The third-order valence-electron chi connectivity index (χ3n) is 3.90. The van der Waals surface area contributed by atoms with Crippen LogP contribution in [0.1, 0.15) is 47.0 Å². The molecule has 2 amide bonds. The number of likely N-dealkylation sites (N-methyl/N-ethyl adjacent to an activating group) is 1. The highest BCUT2D eigenvalue weighted by Gasteiger charge is 2.35. The zero-order valence-corrected chi connectivity index (χ0v) is 14.7. The number of carboxylic acid groups (broad SMARTS) is 1. The summed E-state index contributed by atoms with van der Waals surface area (Å²) in [6.07, 6.45) is 0.659. The van der Waals surface area contributed by atoms with Crippen LogP contribution in [0.25, 0.3) is 0 Å². The Bertz CT molecular complexity index is 450. The summed E-state index contributed by atoms with van der Waals surface area (Å²) in [7, 11) is 1.41. The first-order valence-electron chi connectivity index (χ1n) is 7.97. The maximum atomic E-state index is 12.7. The van der Waals surface area contributed by atoms with Crippen molar-refractivity contribution in [2.75, 3.05) is 20.1 Å². The Labute approximate surface area is 137 Å². The van der Waals surface area contributed by atoms with E-state index in [9.17, 15) is 14.4 Å². The number of hydrogen-bond acceptors (Lipinski definition) is 4. The molecule has 1 rings (SSSR count). The van der Waals surface area contributed by atoms with Gasteiger partial charge in [-0.2, -0.15) is 0 Å². The van der Waals surface area contributed by atoms with E-state index in [1.54, 1.807) is 25.7 Å². The zero-order valence-electron chi connectivity index (χ0n) is 14.7. The van der Waals surface area contributed by atoms with E-state index < -0.39 is 30.1 Å². The first-order chi connectivity index (χ1) is 10.5. The molecule has 1 aliphatic heterocycles. The number of piperidine rings is 1. The standard InChI is InChI=1S/C16H28N2O5/c1-11-6-8-18(9-7-11)14(21)12(10-13(19)20)17(5)15(22)23-16(2,3)4/h11-12H,6-10H2,1-5H3,(H,19,20). The Morgan fingerprint density at radius 1 is 1.26 bits per heavy atom. The summed E-state index contributed by atoms with van der Waals surface area (Å²) in [5.41, 5.74) is -0.706. The van der Waals surface area contributed by atoms with Crippen molar-refractivity contribution in [2.24, 2.45) is 5.92 Å².